The van der Waals surface area contributed by atoms with Crippen molar-refractivity contribution in [1.82, 2.24) is 4.90 Å². The van der Waals surface area contributed by atoms with Crippen molar-refractivity contribution in [2.75, 3.05) is 13.2 Å². The molecule has 0 amide bonds. The zero-order chi connectivity index (χ0) is 15.1. The van der Waals surface area contributed by atoms with Gasteiger partial charge in [0.1, 0.15) is 0 Å². The minimum Gasteiger partial charge on any atom is -0.395 e. The second kappa shape index (κ2) is 8.63. The smallest absolute Gasteiger partial charge is 0.0558 e. The molecule has 3 nitrogen and oxygen atoms in total. The standard InChI is InChI=1S/C16H27ClN2O/c1-4-15(5-2)19(10-11-20)16(12(3)18)13-6-8-14(17)9-7-13/h6-9,12,15-16,20H,4-5,10-11,18H2,1-3H3. The minimum atomic E-state index is -0.0108. The first-order valence-corrected chi connectivity index (χ1v) is 7.80. The highest BCUT2D eigenvalue weighted by molar-refractivity contribution is 6.30. The topological polar surface area (TPSA) is 49.5 Å². The Balaban J connectivity index is 3.10. The molecule has 4 heteroatoms. The van der Waals surface area contributed by atoms with Crippen molar-refractivity contribution in [2.45, 2.75) is 51.7 Å². The molecule has 1 aromatic carbocycles. The molecule has 0 radical (unpaired) electrons. The first-order valence-electron chi connectivity index (χ1n) is 7.42. The largest absolute Gasteiger partial charge is 0.395 e. The lowest BCUT2D eigenvalue weighted by atomic mass is 9.96. The Morgan fingerprint density at radius 2 is 1.75 bits per heavy atom. The zero-order valence-corrected chi connectivity index (χ0v) is 13.5. The van der Waals surface area contributed by atoms with Crippen LogP contribution in [0.15, 0.2) is 24.3 Å². The molecule has 0 aliphatic rings. The summed E-state index contributed by atoms with van der Waals surface area (Å²) in [4.78, 5) is 2.33. The first kappa shape index (κ1) is 17.4. The summed E-state index contributed by atoms with van der Waals surface area (Å²) in [6.45, 7) is 7.16. The van der Waals surface area contributed by atoms with Gasteiger partial charge >= 0.3 is 0 Å². The van der Waals surface area contributed by atoms with Gasteiger partial charge in [-0.15, -0.1) is 0 Å². The van der Waals surface area contributed by atoms with E-state index in [0.29, 0.717) is 12.6 Å². The number of nitrogens with two attached hydrogens (primary N) is 1. The van der Waals surface area contributed by atoms with E-state index in [1.165, 1.54) is 0 Å². The van der Waals surface area contributed by atoms with Crippen molar-refractivity contribution < 1.29 is 5.11 Å². The fraction of sp³-hybridized carbons (Fsp3) is 0.625. The molecule has 0 fully saturated rings. The predicted octanol–water partition coefficient (Wildman–Crippen LogP) is 3.21. The van der Waals surface area contributed by atoms with Crippen LogP contribution >= 0.6 is 11.6 Å². The zero-order valence-electron chi connectivity index (χ0n) is 12.7. The van der Waals surface area contributed by atoms with Gasteiger partial charge in [0.05, 0.1) is 6.61 Å². The Morgan fingerprint density at radius 1 is 1.20 bits per heavy atom. The second-order valence-corrected chi connectivity index (χ2v) is 5.72. The lowest BCUT2D eigenvalue weighted by Gasteiger charge is -2.39. The minimum absolute atomic E-state index is 0.0108. The monoisotopic (exact) mass is 298 g/mol. The molecular weight excluding hydrogens is 272 g/mol. The van der Waals surface area contributed by atoms with Crippen LogP contribution in [0.4, 0.5) is 0 Å². The second-order valence-electron chi connectivity index (χ2n) is 5.29. The Morgan fingerprint density at radius 3 is 2.15 bits per heavy atom. The van der Waals surface area contributed by atoms with Crippen molar-refractivity contribution in [1.29, 1.82) is 0 Å². The van der Waals surface area contributed by atoms with E-state index in [2.05, 4.69) is 18.7 Å². The number of aliphatic hydroxyl groups excluding tert-OH is 1. The number of nitrogens with zero attached hydrogens (tertiary/aromatic N) is 1. The van der Waals surface area contributed by atoms with Gasteiger partial charge in [-0.25, -0.2) is 0 Å². The molecule has 1 rings (SSSR count). The predicted molar refractivity (Wildman–Crippen MR) is 86.0 cm³/mol. The van der Waals surface area contributed by atoms with E-state index >= 15 is 0 Å². The van der Waals surface area contributed by atoms with Gasteiger partial charge in [-0.3, -0.25) is 4.90 Å². The third kappa shape index (κ3) is 4.45. The SMILES string of the molecule is CCC(CC)N(CCO)C(c1ccc(Cl)cc1)C(C)N. The summed E-state index contributed by atoms with van der Waals surface area (Å²) in [6, 6.07) is 8.38. The van der Waals surface area contributed by atoms with Crippen LogP contribution in [0.1, 0.15) is 45.2 Å². The Kier molecular flexibility index (Phi) is 7.52. The molecule has 20 heavy (non-hydrogen) atoms. The Hall–Kier alpha value is -0.610. The van der Waals surface area contributed by atoms with Crippen molar-refractivity contribution in [3.63, 3.8) is 0 Å². The highest BCUT2D eigenvalue weighted by Crippen LogP contribution is 2.28. The maximum absolute atomic E-state index is 9.39. The Bertz CT molecular complexity index is 377. The summed E-state index contributed by atoms with van der Waals surface area (Å²) in [5.41, 5.74) is 7.39. The highest BCUT2D eigenvalue weighted by Gasteiger charge is 2.28. The van der Waals surface area contributed by atoms with E-state index in [9.17, 15) is 5.11 Å². The first-order chi connectivity index (χ1) is 9.54. The molecule has 3 N–H and O–H groups in total. The highest BCUT2D eigenvalue weighted by atomic mass is 35.5. The third-order valence-corrected chi connectivity index (χ3v) is 4.09. The van der Waals surface area contributed by atoms with Crippen LogP contribution in [-0.4, -0.2) is 35.2 Å². The van der Waals surface area contributed by atoms with Crippen molar-refractivity contribution >= 4 is 11.6 Å². The molecule has 0 bridgehead atoms. The Labute approximate surface area is 127 Å². The van der Waals surface area contributed by atoms with Crippen LogP contribution in [0.3, 0.4) is 0 Å². The van der Waals surface area contributed by atoms with Crippen molar-refractivity contribution in [2.24, 2.45) is 5.73 Å². The molecule has 0 heterocycles. The summed E-state index contributed by atoms with van der Waals surface area (Å²) in [6.07, 6.45) is 2.10. The van der Waals surface area contributed by atoms with Gasteiger partial charge in [0.15, 0.2) is 0 Å². The molecule has 0 aliphatic carbocycles. The molecule has 0 aromatic heterocycles. The molecule has 0 aliphatic heterocycles. The van der Waals surface area contributed by atoms with Gasteiger partial charge in [0.2, 0.25) is 0 Å². The summed E-state index contributed by atoms with van der Waals surface area (Å²) >= 11 is 5.97. The number of benzene rings is 1. The number of hydrogen-bond acceptors (Lipinski definition) is 3. The molecule has 0 saturated carbocycles. The van der Waals surface area contributed by atoms with Gasteiger partial charge in [-0.1, -0.05) is 37.6 Å². The van der Waals surface area contributed by atoms with Crippen LogP contribution < -0.4 is 5.73 Å². The van der Waals surface area contributed by atoms with E-state index in [1.807, 2.05) is 31.2 Å². The fourth-order valence-corrected chi connectivity index (χ4v) is 3.00. The average molecular weight is 299 g/mol. The lowest BCUT2D eigenvalue weighted by Crippen LogP contribution is -2.46. The molecule has 114 valence electrons. The van der Waals surface area contributed by atoms with E-state index in [0.717, 1.165) is 23.4 Å². The number of rotatable bonds is 8. The van der Waals surface area contributed by atoms with Crippen LogP contribution in [0.25, 0.3) is 0 Å². The summed E-state index contributed by atoms with van der Waals surface area (Å²) in [7, 11) is 0. The molecule has 2 unspecified atom stereocenters. The lowest BCUT2D eigenvalue weighted by molar-refractivity contribution is 0.0852. The average Bonchev–Trinajstić information content (AvgIpc) is 2.42. The van der Waals surface area contributed by atoms with Gasteiger partial charge in [0, 0.05) is 29.7 Å². The normalized spacial score (nSPS) is 14.8. The fourth-order valence-electron chi connectivity index (χ4n) is 2.88. The van der Waals surface area contributed by atoms with Gasteiger partial charge < -0.3 is 10.8 Å². The van der Waals surface area contributed by atoms with Crippen molar-refractivity contribution in [3.8, 4) is 0 Å². The van der Waals surface area contributed by atoms with Crippen LogP contribution in [0.2, 0.25) is 5.02 Å². The molecule has 0 saturated heterocycles. The van der Waals surface area contributed by atoms with Crippen LogP contribution in [0, 0.1) is 0 Å². The van der Waals surface area contributed by atoms with Gasteiger partial charge in [-0.05, 0) is 37.5 Å². The van der Waals surface area contributed by atoms with Crippen LogP contribution in [-0.2, 0) is 0 Å². The van der Waals surface area contributed by atoms with E-state index in [1.54, 1.807) is 0 Å². The quantitative estimate of drug-likeness (QED) is 0.775. The number of hydrogen-bond donors (Lipinski definition) is 2. The third-order valence-electron chi connectivity index (χ3n) is 3.84. The van der Waals surface area contributed by atoms with Crippen molar-refractivity contribution in [3.05, 3.63) is 34.9 Å². The summed E-state index contributed by atoms with van der Waals surface area (Å²) < 4.78 is 0. The summed E-state index contributed by atoms with van der Waals surface area (Å²) in [5, 5.41) is 10.1. The van der Waals surface area contributed by atoms with E-state index < -0.39 is 0 Å². The maximum Gasteiger partial charge on any atom is 0.0558 e. The number of halogens is 1. The van der Waals surface area contributed by atoms with E-state index in [-0.39, 0.29) is 18.7 Å². The van der Waals surface area contributed by atoms with Gasteiger partial charge in [-0.2, -0.15) is 0 Å². The van der Waals surface area contributed by atoms with E-state index in [4.69, 9.17) is 17.3 Å². The van der Waals surface area contributed by atoms with Gasteiger partial charge in [0.25, 0.3) is 0 Å². The van der Waals surface area contributed by atoms with Crippen LogP contribution in [0.5, 0.6) is 0 Å². The molecular formula is C16H27ClN2O. The molecule has 1 aromatic rings. The maximum atomic E-state index is 9.39. The molecule has 0 spiro atoms. The summed E-state index contributed by atoms with van der Waals surface area (Å²) in [5.74, 6) is 0. The number of aliphatic hydroxyl groups is 1. The molecule has 2 atom stereocenters.